The second-order valence-electron chi connectivity index (χ2n) is 4.27. The molecule has 98 valence electrons. The summed E-state index contributed by atoms with van der Waals surface area (Å²) in [6.07, 6.45) is 2.91. The quantitative estimate of drug-likeness (QED) is 0.784. The summed E-state index contributed by atoms with van der Waals surface area (Å²) in [5.41, 5.74) is 0.466. The van der Waals surface area contributed by atoms with Crippen LogP contribution in [0, 0.1) is 0 Å². The van der Waals surface area contributed by atoms with Gasteiger partial charge >= 0.3 is 0 Å². The molecule has 18 heavy (non-hydrogen) atoms. The molecule has 0 spiro atoms. The summed E-state index contributed by atoms with van der Waals surface area (Å²) >= 11 is 11.8. The van der Waals surface area contributed by atoms with E-state index in [4.69, 9.17) is 27.9 Å². The molecule has 4 nitrogen and oxygen atoms in total. The van der Waals surface area contributed by atoms with Crippen molar-refractivity contribution < 1.29 is 9.53 Å². The summed E-state index contributed by atoms with van der Waals surface area (Å²) in [4.78, 5) is 18.0. The highest BCUT2D eigenvalue weighted by Crippen LogP contribution is 2.20. The molecule has 0 saturated carbocycles. The number of morpholine rings is 1. The molecule has 1 aromatic rings. The third kappa shape index (κ3) is 2.76. The van der Waals surface area contributed by atoms with Crippen molar-refractivity contribution in [3.63, 3.8) is 0 Å². The van der Waals surface area contributed by atoms with Gasteiger partial charge in [0.05, 0.1) is 35.2 Å². The third-order valence-electron chi connectivity index (χ3n) is 2.94. The summed E-state index contributed by atoms with van der Waals surface area (Å²) in [5, 5.41) is 0.364. The van der Waals surface area contributed by atoms with Gasteiger partial charge in [-0.2, -0.15) is 0 Å². The maximum atomic E-state index is 12.4. The van der Waals surface area contributed by atoms with E-state index >= 15 is 0 Å². The van der Waals surface area contributed by atoms with Crippen LogP contribution in [0.25, 0.3) is 0 Å². The van der Waals surface area contributed by atoms with Gasteiger partial charge < -0.3 is 9.64 Å². The fourth-order valence-corrected chi connectivity index (χ4v) is 2.28. The summed E-state index contributed by atoms with van der Waals surface area (Å²) in [7, 11) is 0. The topological polar surface area (TPSA) is 42.4 Å². The molecular formula is C12H14Cl2N2O2. The van der Waals surface area contributed by atoms with Crippen molar-refractivity contribution in [3.8, 4) is 0 Å². The number of ether oxygens (including phenoxy) is 1. The molecule has 2 atom stereocenters. The first-order valence-corrected chi connectivity index (χ1v) is 6.62. The Morgan fingerprint density at radius 3 is 3.11 bits per heavy atom. The lowest BCUT2D eigenvalue weighted by atomic mass is 10.1. The van der Waals surface area contributed by atoms with Gasteiger partial charge in [0, 0.05) is 18.9 Å². The number of carbonyl (C=O) groups excluding carboxylic acids is 1. The average Bonchev–Trinajstić information content (AvgIpc) is 2.39. The molecular weight excluding hydrogens is 275 g/mol. The number of halogens is 2. The molecule has 0 N–H and O–H groups in total. The van der Waals surface area contributed by atoms with Gasteiger partial charge in [0.1, 0.15) is 0 Å². The number of pyridine rings is 1. The second-order valence-corrected chi connectivity index (χ2v) is 4.99. The molecule has 2 unspecified atom stereocenters. The van der Waals surface area contributed by atoms with Crippen molar-refractivity contribution in [3.05, 3.63) is 29.0 Å². The van der Waals surface area contributed by atoms with Crippen molar-refractivity contribution in [2.75, 3.05) is 19.0 Å². The Kier molecular flexibility index (Phi) is 4.43. The Morgan fingerprint density at radius 2 is 2.44 bits per heavy atom. The number of aromatic nitrogens is 1. The number of nitrogens with zero attached hydrogens (tertiary/aromatic N) is 2. The van der Waals surface area contributed by atoms with Crippen molar-refractivity contribution in [1.82, 2.24) is 9.88 Å². The first kappa shape index (κ1) is 13.6. The van der Waals surface area contributed by atoms with E-state index in [1.54, 1.807) is 17.2 Å². The minimum Gasteiger partial charge on any atom is -0.373 e. The molecule has 1 amide bonds. The summed E-state index contributed by atoms with van der Waals surface area (Å²) in [6, 6.07) is 1.64. The van der Waals surface area contributed by atoms with Crippen LogP contribution in [0.4, 0.5) is 0 Å². The van der Waals surface area contributed by atoms with Gasteiger partial charge in [-0.05, 0) is 13.0 Å². The van der Waals surface area contributed by atoms with E-state index in [0.717, 1.165) is 0 Å². The van der Waals surface area contributed by atoms with Gasteiger partial charge in [-0.25, -0.2) is 0 Å². The van der Waals surface area contributed by atoms with Gasteiger partial charge in [-0.1, -0.05) is 11.6 Å². The maximum absolute atomic E-state index is 12.4. The minimum atomic E-state index is -0.118. The molecule has 6 heteroatoms. The van der Waals surface area contributed by atoms with Crippen molar-refractivity contribution in [1.29, 1.82) is 0 Å². The lowest BCUT2D eigenvalue weighted by Gasteiger charge is -2.37. The van der Waals surface area contributed by atoms with Crippen LogP contribution in [0.2, 0.25) is 5.02 Å². The van der Waals surface area contributed by atoms with Crippen LogP contribution in [0.5, 0.6) is 0 Å². The molecule has 1 aliphatic heterocycles. The lowest BCUT2D eigenvalue weighted by molar-refractivity contribution is -0.0371. The molecule has 0 radical (unpaired) electrons. The zero-order chi connectivity index (χ0) is 13.1. The highest BCUT2D eigenvalue weighted by atomic mass is 35.5. The summed E-state index contributed by atoms with van der Waals surface area (Å²) < 4.78 is 5.51. The number of hydrogen-bond donors (Lipinski definition) is 0. The predicted octanol–water partition coefficient (Wildman–Crippen LogP) is 2.20. The van der Waals surface area contributed by atoms with Crippen LogP contribution in [-0.2, 0) is 4.74 Å². The van der Waals surface area contributed by atoms with Crippen LogP contribution in [0.15, 0.2) is 18.5 Å². The monoisotopic (exact) mass is 288 g/mol. The highest BCUT2D eigenvalue weighted by Gasteiger charge is 2.30. The smallest absolute Gasteiger partial charge is 0.255 e. The lowest BCUT2D eigenvalue weighted by Crippen LogP contribution is -2.51. The second kappa shape index (κ2) is 5.87. The Balaban J connectivity index is 2.19. The van der Waals surface area contributed by atoms with E-state index in [1.165, 1.54) is 6.20 Å². The average molecular weight is 289 g/mol. The number of rotatable bonds is 2. The Hall–Kier alpha value is -0.840. The Bertz CT molecular complexity index is 442. The molecule has 0 aliphatic carbocycles. The van der Waals surface area contributed by atoms with Gasteiger partial charge in [0.2, 0.25) is 0 Å². The Morgan fingerprint density at radius 1 is 1.67 bits per heavy atom. The Labute approximate surface area is 116 Å². The maximum Gasteiger partial charge on any atom is 0.255 e. The van der Waals surface area contributed by atoms with Crippen LogP contribution in [0.1, 0.15) is 17.3 Å². The van der Waals surface area contributed by atoms with Gasteiger partial charge in [0.15, 0.2) is 0 Å². The van der Waals surface area contributed by atoms with Crippen molar-refractivity contribution in [2.45, 2.75) is 19.1 Å². The van der Waals surface area contributed by atoms with Gasteiger partial charge in [-0.15, -0.1) is 11.6 Å². The zero-order valence-electron chi connectivity index (χ0n) is 9.97. The standard InChI is InChI=1S/C12H14Cl2N2O2/c1-8-7-18-9(4-13)6-16(8)12(17)10-2-3-15-5-11(10)14/h2-3,5,8-9H,4,6-7H2,1H3. The van der Waals surface area contributed by atoms with Crippen LogP contribution >= 0.6 is 23.2 Å². The number of carbonyl (C=O) groups is 1. The fraction of sp³-hybridized carbons (Fsp3) is 0.500. The number of hydrogen-bond acceptors (Lipinski definition) is 3. The van der Waals surface area contributed by atoms with Crippen LogP contribution in [-0.4, -0.2) is 47.0 Å². The van der Waals surface area contributed by atoms with E-state index < -0.39 is 0 Å². The number of amides is 1. The first-order valence-electron chi connectivity index (χ1n) is 5.71. The molecule has 2 heterocycles. The van der Waals surface area contributed by atoms with E-state index in [2.05, 4.69) is 4.98 Å². The minimum absolute atomic E-state index is 0.0150. The van der Waals surface area contributed by atoms with Crippen LogP contribution in [0.3, 0.4) is 0 Å². The highest BCUT2D eigenvalue weighted by molar-refractivity contribution is 6.33. The van der Waals surface area contributed by atoms with Crippen molar-refractivity contribution in [2.24, 2.45) is 0 Å². The SMILES string of the molecule is CC1COC(CCl)CN1C(=O)c1ccncc1Cl. The third-order valence-corrected chi connectivity index (χ3v) is 3.59. The van der Waals surface area contributed by atoms with E-state index in [9.17, 15) is 4.79 Å². The summed E-state index contributed by atoms with van der Waals surface area (Å²) in [5.74, 6) is 0.272. The van der Waals surface area contributed by atoms with E-state index in [1.807, 2.05) is 6.92 Å². The van der Waals surface area contributed by atoms with Gasteiger partial charge in [0.25, 0.3) is 5.91 Å². The molecule has 0 bridgehead atoms. The molecule has 1 saturated heterocycles. The zero-order valence-corrected chi connectivity index (χ0v) is 11.5. The van der Waals surface area contributed by atoms with Gasteiger partial charge in [-0.3, -0.25) is 9.78 Å². The first-order chi connectivity index (χ1) is 8.63. The predicted molar refractivity (Wildman–Crippen MR) is 70.2 cm³/mol. The van der Waals surface area contributed by atoms with Crippen LogP contribution < -0.4 is 0 Å². The molecule has 2 rings (SSSR count). The molecule has 1 aliphatic rings. The molecule has 1 fully saturated rings. The molecule has 0 aromatic carbocycles. The molecule has 1 aromatic heterocycles. The largest absolute Gasteiger partial charge is 0.373 e. The van der Waals surface area contributed by atoms with Crippen molar-refractivity contribution >= 4 is 29.1 Å². The fourth-order valence-electron chi connectivity index (χ4n) is 1.90. The summed E-state index contributed by atoms with van der Waals surface area (Å²) in [6.45, 7) is 2.92. The normalized spacial score (nSPS) is 24.1. The van der Waals surface area contributed by atoms with E-state index in [0.29, 0.717) is 29.6 Å². The number of alkyl halides is 1. The van der Waals surface area contributed by atoms with E-state index in [-0.39, 0.29) is 18.1 Å².